The van der Waals surface area contributed by atoms with Gasteiger partial charge < -0.3 is 5.32 Å². The molecule has 2 rings (SSSR count). The van der Waals surface area contributed by atoms with Crippen LogP contribution in [0.5, 0.6) is 0 Å². The van der Waals surface area contributed by atoms with Crippen LogP contribution in [0, 0.1) is 5.82 Å². The molecule has 0 saturated carbocycles. The zero-order valence-corrected chi connectivity index (χ0v) is 14.6. The van der Waals surface area contributed by atoms with E-state index in [-0.39, 0.29) is 11.9 Å². The summed E-state index contributed by atoms with van der Waals surface area (Å²) in [6, 6.07) is 10.0. The van der Waals surface area contributed by atoms with E-state index in [4.69, 9.17) is 23.2 Å². The maximum atomic E-state index is 13.4. The van der Waals surface area contributed by atoms with E-state index in [1.807, 2.05) is 13.0 Å². The van der Waals surface area contributed by atoms with Crippen molar-refractivity contribution in [2.75, 3.05) is 6.54 Å². The number of halogens is 4. The molecule has 0 bridgehead atoms. The van der Waals surface area contributed by atoms with E-state index >= 15 is 0 Å². The molecule has 2 aromatic rings. The lowest BCUT2D eigenvalue weighted by Gasteiger charge is -2.21. The Hall–Kier alpha value is -0.610. The van der Waals surface area contributed by atoms with Gasteiger partial charge in [0.05, 0.1) is 0 Å². The molecule has 1 unspecified atom stereocenters. The molecule has 0 aliphatic heterocycles. The number of benzene rings is 2. The number of hydrogen-bond acceptors (Lipinski definition) is 1. The predicted octanol–water partition coefficient (Wildman–Crippen LogP) is 5.79. The first-order valence-electron chi connectivity index (χ1n) is 6.63. The summed E-state index contributed by atoms with van der Waals surface area (Å²) in [6.45, 7) is 2.80. The first-order valence-corrected chi connectivity index (χ1v) is 8.18. The van der Waals surface area contributed by atoms with Crippen LogP contribution in [-0.4, -0.2) is 6.54 Å². The first-order chi connectivity index (χ1) is 10.0. The van der Waals surface area contributed by atoms with Gasteiger partial charge in [-0.25, -0.2) is 4.39 Å². The van der Waals surface area contributed by atoms with Crippen molar-refractivity contribution in [3.8, 4) is 0 Å². The van der Waals surface area contributed by atoms with Gasteiger partial charge in [-0.15, -0.1) is 0 Å². The Labute approximate surface area is 142 Å². The van der Waals surface area contributed by atoms with Gasteiger partial charge in [-0.1, -0.05) is 46.1 Å². The highest BCUT2D eigenvalue weighted by atomic mass is 79.9. The maximum absolute atomic E-state index is 13.4. The van der Waals surface area contributed by atoms with Crippen LogP contribution >= 0.6 is 39.1 Å². The van der Waals surface area contributed by atoms with Crippen LogP contribution in [0.1, 0.15) is 24.1 Å². The molecule has 2 aromatic carbocycles. The second-order valence-electron chi connectivity index (χ2n) is 4.72. The molecule has 0 amide bonds. The van der Waals surface area contributed by atoms with Gasteiger partial charge in [-0.05, 0) is 60.5 Å². The molecule has 0 fully saturated rings. The van der Waals surface area contributed by atoms with Crippen LogP contribution < -0.4 is 5.32 Å². The van der Waals surface area contributed by atoms with Gasteiger partial charge in [0.2, 0.25) is 0 Å². The topological polar surface area (TPSA) is 12.0 Å². The largest absolute Gasteiger partial charge is 0.310 e. The van der Waals surface area contributed by atoms with E-state index in [9.17, 15) is 4.39 Å². The summed E-state index contributed by atoms with van der Waals surface area (Å²) in [6.07, 6.45) is 0.617. The fourth-order valence-corrected chi connectivity index (χ4v) is 3.08. The zero-order valence-electron chi connectivity index (χ0n) is 11.5. The summed E-state index contributed by atoms with van der Waals surface area (Å²) in [5.74, 6) is -0.249. The number of hydrogen-bond donors (Lipinski definition) is 1. The summed E-state index contributed by atoms with van der Waals surface area (Å²) in [5.41, 5.74) is 1.80. The van der Waals surface area contributed by atoms with Crippen molar-refractivity contribution >= 4 is 39.1 Å². The molecule has 0 radical (unpaired) electrons. The van der Waals surface area contributed by atoms with Gasteiger partial charge in [-0.2, -0.15) is 0 Å². The fourth-order valence-electron chi connectivity index (χ4n) is 2.24. The van der Waals surface area contributed by atoms with E-state index in [0.717, 1.165) is 22.1 Å². The third-order valence-corrected chi connectivity index (χ3v) is 4.57. The minimum absolute atomic E-state index is 0.0284. The quantitative estimate of drug-likeness (QED) is 0.681. The number of likely N-dealkylation sites (N-methyl/N-ethyl adjacent to an activating group) is 1. The van der Waals surface area contributed by atoms with Gasteiger partial charge in [0.25, 0.3) is 0 Å². The molecular formula is C16H15BrCl2FN. The van der Waals surface area contributed by atoms with Crippen molar-refractivity contribution < 1.29 is 4.39 Å². The molecule has 1 N–H and O–H groups in total. The average Bonchev–Trinajstić information content (AvgIpc) is 2.45. The van der Waals surface area contributed by atoms with Crippen LogP contribution in [0.3, 0.4) is 0 Å². The highest BCUT2D eigenvalue weighted by Gasteiger charge is 2.17. The summed E-state index contributed by atoms with van der Waals surface area (Å²) in [4.78, 5) is 0. The fraction of sp³-hybridized carbons (Fsp3) is 0.250. The van der Waals surface area contributed by atoms with E-state index in [0.29, 0.717) is 16.5 Å². The van der Waals surface area contributed by atoms with Gasteiger partial charge in [0.1, 0.15) is 5.82 Å². The molecule has 0 aromatic heterocycles. The van der Waals surface area contributed by atoms with E-state index in [1.165, 1.54) is 12.1 Å². The maximum Gasteiger partial charge on any atom is 0.123 e. The zero-order chi connectivity index (χ0) is 15.4. The Morgan fingerprint density at radius 2 is 1.95 bits per heavy atom. The molecule has 21 heavy (non-hydrogen) atoms. The van der Waals surface area contributed by atoms with Gasteiger partial charge in [0, 0.05) is 20.6 Å². The smallest absolute Gasteiger partial charge is 0.123 e. The SMILES string of the molecule is CCNC(Cc1cc(F)ccc1Br)c1cc(Cl)ccc1Cl. The summed E-state index contributed by atoms with van der Waals surface area (Å²) < 4.78 is 14.3. The average molecular weight is 391 g/mol. The van der Waals surface area contributed by atoms with Crippen LogP contribution in [0.25, 0.3) is 0 Å². The molecule has 0 heterocycles. The minimum Gasteiger partial charge on any atom is -0.310 e. The van der Waals surface area contributed by atoms with Crippen LogP contribution in [0.15, 0.2) is 40.9 Å². The monoisotopic (exact) mass is 389 g/mol. The normalized spacial score (nSPS) is 12.4. The number of nitrogens with one attached hydrogen (secondary N) is 1. The first kappa shape index (κ1) is 16.8. The Kier molecular flexibility index (Phi) is 6.06. The van der Waals surface area contributed by atoms with E-state index < -0.39 is 0 Å². The van der Waals surface area contributed by atoms with Crippen molar-refractivity contribution in [3.05, 3.63) is 67.9 Å². The molecule has 5 heteroatoms. The van der Waals surface area contributed by atoms with Gasteiger partial charge >= 0.3 is 0 Å². The van der Waals surface area contributed by atoms with Crippen molar-refractivity contribution in [2.24, 2.45) is 0 Å². The second kappa shape index (κ2) is 7.59. The van der Waals surface area contributed by atoms with Crippen molar-refractivity contribution in [2.45, 2.75) is 19.4 Å². The Morgan fingerprint density at radius 1 is 1.19 bits per heavy atom. The third kappa shape index (κ3) is 4.43. The molecule has 1 atom stereocenters. The minimum atomic E-state index is -0.249. The van der Waals surface area contributed by atoms with Crippen LogP contribution in [0.4, 0.5) is 4.39 Å². The van der Waals surface area contributed by atoms with Crippen molar-refractivity contribution in [3.63, 3.8) is 0 Å². The highest BCUT2D eigenvalue weighted by Crippen LogP contribution is 2.30. The molecule has 1 nitrogen and oxygen atoms in total. The highest BCUT2D eigenvalue weighted by molar-refractivity contribution is 9.10. The summed E-state index contributed by atoms with van der Waals surface area (Å²) in [5, 5.41) is 4.66. The lowest BCUT2D eigenvalue weighted by Crippen LogP contribution is -2.23. The predicted molar refractivity (Wildman–Crippen MR) is 90.7 cm³/mol. The Morgan fingerprint density at radius 3 is 2.67 bits per heavy atom. The van der Waals surface area contributed by atoms with Crippen LogP contribution in [-0.2, 0) is 6.42 Å². The second-order valence-corrected chi connectivity index (χ2v) is 6.41. The lowest BCUT2D eigenvalue weighted by molar-refractivity contribution is 0.546. The van der Waals surface area contributed by atoms with Crippen molar-refractivity contribution in [1.82, 2.24) is 5.32 Å². The molecule has 0 saturated heterocycles. The Balaban J connectivity index is 2.35. The Bertz CT molecular complexity index is 634. The molecule has 0 aliphatic carbocycles. The molecule has 0 spiro atoms. The van der Waals surface area contributed by atoms with E-state index in [2.05, 4.69) is 21.2 Å². The molecular weight excluding hydrogens is 376 g/mol. The van der Waals surface area contributed by atoms with E-state index in [1.54, 1.807) is 18.2 Å². The lowest BCUT2D eigenvalue weighted by atomic mass is 9.98. The van der Waals surface area contributed by atoms with Gasteiger partial charge in [0.15, 0.2) is 0 Å². The summed E-state index contributed by atoms with van der Waals surface area (Å²) in [7, 11) is 0. The van der Waals surface area contributed by atoms with Gasteiger partial charge in [-0.3, -0.25) is 0 Å². The van der Waals surface area contributed by atoms with Crippen molar-refractivity contribution in [1.29, 1.82) is 0 Å². The summed E-state index contributed by atoms with van der Waals surface area (Å²) >= 11 is 15.8. The third-order valence-electron chi connectivity index (χ3n) is 3.22. The molecule has 112 valence electrons. The molecule has 0 aliphatic rings. The number of rotatable bonds is 5. The van der Waals surface area contributed by atoms with Crippen LogP contribution in [0.2, 0.25) is 10.0 Å². The standard InChI is InChI=1S/C16H15BrCl2FN/c1-2-21-16(13-9-11(18)3-6-15(13)19)8-10-7-12(20)4-5-14(10)17/h3-7,9,16,21H,2,8H2,1H3.